The summed E-state index contributed by atoms with van der Waals surface area (Å²) in [5.41, 5.74) is -0.483. The summed E-state index contributed by atoms with van der Waals surface area (Å²) in [6, 6.07) is 0.00775. The fourth-order valence-electron chi connectivity index (χ4n) is 2.63. The van der Waals surface area contributed by atoms with Gasteiger partial charge in [0.2, 0.25) is 0 Å². The van der Waals surface area contributed by atoms with E-state index in [9.17, 15) is 4.79 Å². The van der Waals surface area contributed by atoms with Gasteiger partial charge in [-0.15, -0.1) is 0 Å². The Morgan fingerprint density at radius 1 is 1.17 bits per heavy atom. The normalized spacial score (nSPS) is 23.3. The van der Waals surface area contributed by atoms with Crippen LogP contribution in [-0.2, 0) is 13.9 Å². The van der Waals surface area contributed by atoms with Gasteiger partial charge in [-0.2, -0.15) is 0 Å². The van der Waals surface area contributed by atoms with Gasteiger partial charge >= 0.3 is 6.09 Å². The average Bonchev–Trinajstić information content (AvgIpc) is 2.35. The van der Waals surface area contributed by atoms with Crippen molar-refractivity contribution >= 4 is 14.4 Å². The minimum atomic E-state index is -1.81. The highest BCUT2D eigenvalue weighted by Crippen LogP contribution is 2.39. The molecule has 0 aromatic carbocycles. The van der Waals surface area contributed by atoms with Crippen LogP contribution in [0.4, 0.5) is 4.79 Å². The van der Waals surface area contributed by atoms with Crippen molar-refractivity contribution in [3.05, 3.63) is 0 Å². The molecule has 0 saturated carbocycles. The number of ether oxygens (including phenoxy) is 2. The molecule has 1 amide bonds. The van der Waals surface area contributed by atoms with E-state index in [-0.39, 0.29) is 23.3 Å². The Hall–Kier alpha value is -0.593. The molecule has 0 aliphatic carbocycles. The van der Waals surface area contributed by atoms with Gasteiger partial charge in [-0.3, -0.25) is 0 Å². The summed E-state index contributed by atoms with van der Waals surface area (Å²) in [6.07, 6.45) is 1.59. The van der Waals surface area contributed by atoms with E-state index in [4.69, 9.17) is 13.9 Å². The molecule has 0 unspecified atom stereocenters. The molecule has 6 heteroatoms. The Bertz CT molecular complexity index is 426. The molecule has 0 aromatic rings. The molecule has 1 saturated heterocycles. The zero-order chi connectivity index (χ0) is 18.8. The van der Waals surface area contributed by atoms with Crippen molar-refractivity contribution in [2.75, 3.05) is 20.3 Å². The molecule has 1 aliphatic rings. The highest BCUT2D eigenvalue weighted by atomic mass is 28.4. The Morgan fingerprint density at radius 3 is 2.21 bits per heavy atom. The van der Waals surface area contributed by atoms with E-state index in [1.165, 1.54) is 0 Å². The molecule has 0 aromatic heterocycles. The first-order valence-corrected chi connectivity index (χ1v) is 11.8. The maximum atomic E-state index is 12.5. The SMILES string of the molecule is COC[C@H]1C[C@@H](O[Si](C)(C)C(C)(C)C)CCN1C(=O)OC(C)(C)C. The van der Waals surface area contributed by atoms with Crippen molar-refractivity contribution in [1.29, 1.82) is 0 Å². The molecule has 1 rings (SSSR count). The molecule has 0 bridgehead atoms. The van der Waals surface area contributed by atoms with Crippen molar-refractivity contribution in [3.63, 3.8) is 0 Å². The molecule has 2 atom stereocenters. The second-order valence-electron chi connectivity index (χ2n) is 9.31. The molecular formula is C18H37NO4Si. The molecule has 1 fully saturated rings. The van der Waals surface area contributed by atoms with Crippen LogP contribution in [0.2, 0.25) is 18.1 Å². The van der Waals surface area contributed by atoms with Gasteiger partial charge in [0.05, 0.1) is 12.6 Å². The van der Waals surface area contributed by atoms with Crippen molar-refractivity contribution in [1.82, 2.24) is 4.90 Å². The minimum absolute atomic E-state index is 0.00775. The van der Waals surface area contributed by atoms with Crippen LogP contribution in [0.1, 0.15) is 54.4 Å². The highest BCUT2D eigenvalue weighted by molar-refractivity contribution is 6.74. The second-order valence-corrected chi connectivity index (χ2v) is 14.1. The Labute approximate surface area is 149 Å². The highest BCUT2D eigenvalue weighted by Gasteiger charge is 2.42. The van der Waals surface area contributed by atoms with E-state index in [0.29, 0.717) is 13.2 Å². The first kappa shape index (κ1) is 21.4. The van der Waals surface area contributed by atoms with Crippen LogP contribution in [0.25, 0.3) is 0 Å². The van der Waals surface area contributed by atoms with Crippen LogP contribution in [-0.4, -0.2) is 57.3 Å². The van der Waals surface area contributed by atoms with Gasteiger partial charge in [-0.05, 0) is 51.7 Å². The average molecular weight is 360 g/mol. The number of amides is 1. The van der Waals surface area contributed by atoms with Gasteiger partial charge in [0.25, 0.3) is 0 Å². The summed E-state index contributed by atoms with van der Waals surface area (Å²) < 4.78 is 17.4. The topological polar surface area (TPSA) is 48.0 Å². The standard InChI is InChI=1S/C18H37NO4Si/c1-17(2,3)22-16(20)19-11-10-15(12-14(19)13-21-7)23-24(8,9)18(4,5)6/h14-15H,10-13H2,1-9H3/t14-,15+/m1/s1. The summed E-state index contributed by atoms with van der Waals surface area (Å²) >= 11 is 0. The number of piperidine rings is 1. The molecule has 24 heavy (non-hydrogen) atoms. The van der Waals surface area contributed by atoms with Crippen molar-refractivity contribution in [3.8, 4) is 0 Å². The van der Waals surface area contributed by atoms with E-state index in [1.807, 2.05) is 20.8 Å². The Balaban J connectivity index is 2.77. The van der Waals surface area contributed by atoms with Crippen LogP contribution in [0, 0.1) is 0 Å². The molecule has 0 radical (unpaired) electrons. The van der Waals surface area contributed by atoms with Gasteiger partial charge in [0.1, 0.15) is 5.60 Å². The fraction of sp³-hybridized carbons (Fsp3) is 0.944. The van der Waals surface area contributed by atoms with E-state index in [2.05, 4.69) is 33.9 Å². The van der Waals surface area contributed by atoms with Gasteiger partial charge < -0.3 is 18.8 Å². The van der Waals surface area contributed by atoms with E-state index < -0.39 is 13.9 Å². The second kappa shape index (κ2) is 7.75. The Kier molecular flexibility index (Phi) is 6.92. The number of methoxy groups -OCH3 is 1. The van der Waals surface area contributed by atoms with Crippen molar-refractivity contribution in [2.24, 2.45) is 0 Å². The summed E-state index contributed by atoms with van der Waals surface area (Å²) in [4.78, 5) is 14.3. The number of nitrogens with zero attached hydrogens (tertiary/aromatic N) is 1. The quantitative estimate of drug-likeness (QED) is 0.697. The molecule has 1 aliphatic heterocycles. The van der Waals surface area contributed by atoms with Crippen LogP contribution >= 0.6 is 0 Å². The predicted molar refractivity (Wildman–Crippen MR) is 99.9 cm³/mol. The Morgan fingerprint density at radius 2 is 1.75 bits per heavy atom. The number of rotatable bonds is 4. The largest absolute Gasteiger partial charge is 0.444 e. The number of hydrogen-bond donors (Lipinski definition) is 0. The van der Waals surface area contributed by atoms with Crippen LogP contribution in [0.3, 0.4) is 0 Å². The van der Waals surface area contributed by atoms with Gasteiger partial charge in [-0.1, -0.05) is 20.8 Å². The van der Waals surface area contributed by atoms with E-state index in [0.717, 1.165) is 12.8 Å². The maximum absolute atomic E-state index is 12.5. The molecule has 5 nitrogen and oxygen atoms in total. The number of hydrogen-bond acceptors (Lipinski definition) is 4. The van der Waals surface area contributed by atoms with Crippen LogP contribution < -0.4 is 0 Å². The lowest BCUT2D eigenvalue weighted by atomic mass is 10.0. The molecule has 1 heterocycles. The maximum Gasteiger partial charge on any atom is 0.410 e. The zero-order valence-corrected chi connectivity index (χ0v) is 18.1. The molecule has 0 spiro atoms. The smallest absolute Gasteiger partial charge is 0.410 e. The van der Waals surface area contributed by atoms with E-state index in [1.54, 1.807) is 12.0 Å². The number of carbonyl (C=O) groups is 1. The first-order chi connectivity index (χ1) is 10.8. The summed E-state index contributed by atoms with van der Waals surface area (Å²) in [7, 11) is -0.136. The zero-order valence-electron chi connectivity index (χ0n) is 17.1. The van der Waals surface area contributed by atoms with E-state index >= 15 is 0 Å². The fourth-order valence-corrected chi connectivity index (χ4v) is 4.03. The minimum Gasteiger partial charge on any atom is -0.444 e. The van der Waals surface area contributed by atoms with Crippen molar-refractivity contribution < 1.29 is 18.7 Å². The molecule has 0 N–H and O–H groups in total. The third-order valence-electron chi connectivity index (χ3n) is 4.92. The van der Waals surface area contributed by atoms with Crippen LogP contribution in [0.15, 0.2) is 0 Å². The first-order valence-electron chi connectivity index (χ1n) is 8.93. The third kappa shape index (κ3) is 6.04. The molecular weight excluding hydrogens is 322 g/mol. The lowest BCUT2D eigenvalue weighted by Crippen LogP contribution is -2.54. The number of likely N-dealkylation sites (tertiary alicyclic amines) is 1. The monoisotopic (exact) mass is 359 g/mol. The lowest BCUT2D eigenvalue weighted by molar-refractivity contribution is -0.0209. The summed E-state index contributed by atoms with van der Waals surface area (Å²) in [6.45, 7) is 18.2. The summed E-state index contributed by atoms with van der Waals surface area (Å²) in [5.74, 6) is 0. The summed E-state index contributed by atoms with van der Waals surface area (Å²) in [5, 5.41) is 0.187. The van der Waals surface area contributed by atoms with Gasteiger partial charge in [-0.25, -0.2) is 4.79 Å². The lowest BCUT2D eigenvalue weighted by Gasteiger charge is -2.44. The number of carbonyl (C=O) groups excluding carboxylic acids is 1. The molecule has 142 valence electrons. The van der Waals surface area contributed by atoms with Gasteiger partial charge in [0, 0.05) is 19.8 Å². The van der Waals surface area contributed by atoms with Crippen molar-refractivity contribution in [2.45, 2.75) is 90.3 Å². The van der Waals surface area contributed by atoms with Crippen LogP contribution in [0.5, 0.6) is 0 Å². The third-order valence-corrected chi connectivity index (χ3v) is 9.46. The predicted octanol–water partition coefficient (Wildman–Crippen LogP) is 4.42. The van der Waals surface area contributed by atoms with Gasteiger partial charge in [0.15, 0.2) is 8.32 Å².